The second-order valence-electron chi connectivity index (χ2n) is 12.3. The highest BCUT2D eigenvalue weighted by Gasteiger charge is 2.19. The van der Waals surface area contributed by atoms with Crippen LogP contribution >= 0.6 is 11.8 Å². The molecule has 1 aromatic heterocycles. The summed E-state index contributed by atoms with van der Waals surface area (Å²) in [6.45, 7) is 29.0. The summed E-state index contributed by atoms with van der Waals surface area (Å²) in [6, 6.07) is 11.2. The van der Waals surface area contributed by atoms with Crippen LogP contribution in [0.15, 0.2) is 64.9 Å². The van der Waals surface area contributed by atoms with Gasteiger partial charge in [-0.1, -0.05) is 119 Å². The fourth-order valence-corrected chi connectivity index (χ4v) is 5.14. The molecule has 2 aromatic rings. The van der Waals surface area contributed by atoms with Crippen LogP contribution in [0.4, 0.5) is 0 Å². The van der Waals surface area contributed by atoms with Gasteiger partial charge in [0.1, 0.15) is 5.76 Å². The molecule has 0 aliphatic carbocycles. The van der Waals surface area contributed by atoms with Crippen molar-refractivity contribution in [2.24, 2.45) is 5.41 Å². The number of benzene rings is 1. The van der Waals surface area contributed by atoms with Crippen molar-refractivity contribution in [3.63, 3.8) is 0 Å². The second kappa shape index (κ2) is 24.0. The number of aromatic nitrogens is 1. The zero-order chi connectivity index (χ0) is 33.5. The third kappa shape index (κ3) is 16.2. The van der Waals surface area contributed by atoms with E-state index in [1.54, 1.807) is 0 Å². The van der Waals surface area contributed by atoms with Crippen LogP contribution in [0.2, 0.25) is 0 Å². The molecule has 0 fully saturated rings. The number of rotatable bonds is 15. The summed E-state index contributed by atoms with van der Waals surface area (Å²) in [5.74, 6) is 2.08. The van der Waals surface area contributed by atoms with Crippen LogP contribution in [-0.2, 0) is 4.74 Å². The molecule has 0 amide bonds. The van der Waals surface area contributed by atoms with Crippen LogP contribution in [0.1, 0.15) is 150 Å². The first-order chi connectivity index (χ1) is 21.0. The van der Waals surface area contributed by atoms with Gasteiger partial charge in [-0.15, -0.1) is 11.8 Å². The van der Waals surface area contributed by atoms with Crippen molar-refractivity contribution in [2.75, 3.05) is 12.4 Å². The molecule has 0 unspecified atom stereocenters. The van der Waals surface area contributed by atoms with Gasteiger partial charge >= 0.3 is 0 Å². The van der Waals surface area contributed by atoms with Gasteiger partial charge in [0.15, 0.2) is 0 Å². The Kier molecular flexibility index (Phi) is 22.8. The number of pyridine rings is 1. The van der Waals surface area contributed by atoms with E-state index in [0.29, 0.717) is 5.41 Å². The molecule has 0 N–H and O–H groups in total. The summed E-state index contributed by atoms with van der Waals surface area (Å²) < 4.78 is 6.50. The molecule has 0 aliphatic heterocycles. The first-order valence-corrected chi connectivity index (χ1v) is 18.4. The van der Waals surface area contributed by atoms with E-state index in [1.165, 1.54) is 70.4 Å². The lowest BCUT2D eigenvalue weighted by molar-refractivity contribution is 0.211. The SMILES string of the molecule is CC.CCC(C)(C)C.C\C=C(/C(=C(C)\C(=C/CCC)OCCCCCCC)c1cc(C)cnc1C)c1cccc(SCC)c1. The lowest BCUT2D eigenvalue weighted by Gasteiger charge is -2.21. The Balaban J connectivity index is 0.00000206. The van der Waals surface area contributed by atoms with Gasteiger partial charge in [0.25, 0.3) is 0 Å². The molecule has 248 valence electrons. The summed E-state index contributed by atoms with van der Waals surface area (Å²) in [5.41, 5.74) is 8.82. The molecule has 2 rings (SSSR count). The second-order valence-corrected chi connectivity index (χ2v) is 13.7. The fraction of sp³-hybridized carbons (Fsp3) is 0.585. The number of nitrogens with zero attached hydrogens (tertiary/aromatic N) is 1. The van der Waals surface area contributed by atoms with Gasteiger partial charge in [0, 0.05) is 22.3 Å². The molecule has 0 radical (unpaired) electrons. The van der Waals surface area contributed by atoms with Crippen LogP contribution in [-0.4, -0.2) is 17.3 Å². The minimum atomic E-state index is 0.542. The summed E-state index contributed by atoms with van der Waals surface area (Å²) in [6.07, 6.45) is 16.1. The molecule has 0 aliphatic rings. The van der Waals surface area contributed by atoms with Gasteiger partial charge in [-0.2, -0.15) is 0 Å². The van der Waals surface area contributed by atoms with E-state index < -0.39 is 0 Å². The van der Waals surface area contributed by atoms with Gasteiger partial charge in [0.05, 0.1) is 6.61 Å². The zero-order valence-corrected chi connectivity index (χ0v) is 31.8. The van der Waals surface area contributed by atoms with Crippen LogP contribution in [0.3, 0.4) is 0 Å². The minimum absolute atomic E-state index is 0.542. The molecular weight excluding hydrogens is 555 g/mol. The molecule has 0 bridgehead atoms. The fourth-order valence-electron chi connectivity index (χ4n) is 4.42. The normalized spacial score (nSPS) is 12.5. The quantitative estimate of drug-likeness (QED) is 0.0855. The largest absolute Gasteiger partial charge is 0.494 e. The van der Waals surface area contributed by atoms with Crippen molar-refractivity contribution in [2.45, 2.75) is 146 Å². The Morgan fingerprint density at radius 1 is 0.932 bits per heavy atom. The summed E-state index contributed by atoms with van der Waals surface area (Å²) in [4.78, 5) is 6.04. The van der Waals surface area contributed by atoms with Crippen molar-refractivity contribution < 1.29 is 4.74 Å². The molecule has 0 spiro atoms. The van der Waals surface area contributed by atoms with Gasteiger partial charge < -0.3 is 4.74 Å². The van der Waals surface area contributed by atoms with Crippen LogP contribution in [0.5, 0.6) is 0 Å². The first kappa shape index (κ1) is 41.7. The number of ether oxygens (including phenoxy) is 1. The Hall–Kier alpha value is -2.26. The van der Waals surface area contributed by atoms with E-state index in [9.17, 15) is 0 Å². The van der Waals surface area contributed by atoms with E-state index in [1.807, 2.05) is 31.8 Å². The summed E-state index contributed by atoms with van der Waals surface area (Å²) >= 11 is 1.88. The summed E-state index contributed by atoms with van der Waals surface area (Å²) in [7, 11) is 0. The van der Waals surface area contributed by atoms with Crippen molar-refractivity contribution in [1.82, 2.24) is 4.98 Å². The van der Waals surface area contributed by atoms with E-state index in [2.05, 4.69) is 119 Å². The van der Waals surface area contributed by atoms with Crippen molar-refractivity contribution in [1.29, 1.82) is 0 Å². The number of aryl methyl sites for hydroxylation is 2. The Labute approximate surface area is 278 Å². The molecule has 1 heterocycles. The summed E-state index contributed by atoms with van der Waals surface area (Å²) in [5, 5.41) is 0. The maximum Gasteiger partial charge on any atom is 0.118 e. The van der Waals surface area contributed by atoms with E-state index in [-0.39, 0.29) is 0 Å². The third-order valence-electron chi connectivity index (χ3n) is 7.44. The maximum atomic E-state index is 6.50. The first-order valence-electron chi connectivity index (χ1n) is 17.4. The topological polar surface area (TPSA) is 22.1 Å². The minimum Gasteiger partial charge on any atom is -0.494 e. The predicted molar refractivity (Wildman–Crippen MR) is 202 cm³/mol. The monoisotopic (exact) mass is 621 g/mol. The number of allylic oxidation sites excluding steroid dienone is 5. The molecule has 44 heavy (non-hydrogen) atoms. The molecule has 0 atom stereocenters. The third-order valence-corrected chi connectivity index (χ3v) is 8.31. The average Bonchev–Trinajstić information content (AvgIpc) is 3.01. The van der Waals surface area contributed by atoms with Gasteiger partial charge in [0.2, 0.25) is 0 Å². The van der Waals surface area contributed by atoms with Gasteiger partial charge in [-0.25, -0.2) is 0 Å². The van der Waals surface area contributed by atoms with Crippen LogP contribution in [0, 0.1) is 19.3 Å². The highest BCUT2D eigenvalue weighted by atomic mass is 32.2. The van der Waals surface area contributed by atoms with Crippen molar-refractivity contribution in [3.05, 3.63) is 82.4 Å². The predicted octanol–water partition coefficient (Wildman–Crippen LogP) is 13.8. The highest BCUT2D eigenvalue weighted by Crippen LogP contribution is 2.39. The number of unbranched alkanes of at least 4 members (excludes halogenated alkanes) is 5. The Morgan fingerprint density at radius 3 is 2.16 bits per heavy atom. The zero-order valence-electron chi connectivity index (χ0n) is 31.0. The van der Waals surface area contributed by atoms with E-state index in [4.69, 9.17) is 9.72 Å². The van der Waals surface area contributed by atoms with Gasteiger partial charge in [-0.05, 0) is 104 Å². The van der Waals surface area contributed by atoms with Gasteiger partial charge in [-0.3, -0.25) is 4.98 Å². The van der Waals surface area contributed by atoms with Crippen molar-refractivity contribution >= 4 is 22.9 Å². The maximum absolute atomic E-state index is 6.50. The standard InChI is InChI=1S/C33H47NOS.C6H14.C2H6/c1-8-12-14-15-16-21-35-32(20-13-9-2)26(6)33(31-22-25(5)24-34-27(31)7)30(10-3)28-18-17-19-29(23-28)36-11-4;1-5-6(2,3)4;1-2/h10,17-20,22-24H,8-9,11-16,21H2,1-7H3;5H2,1-4H3;1-2H3/b30-10-,32-20+,33-26+;;. The van der Waals surface area contributed by atoms with Crippen molar-refractivity contribution in [3.8, 4) is 0 Å². The number of thioether (sulfide) groups is 1. The number of hydrogen-bond donors (Lipinski definition) is 0. The molecule has 2 nitrogen and oxygen atoms in total. The number of hydrogen-bond acceptors (Lipinski definition) is 3. The lowest BCUT2D eigenvalue weighted by atomic mass is 9.87. The molecule has 3 heteroatoms. The Morgan fingerprint density at radius 2 is 1.59 bits per heavy atom. The van der Waals surface area contributed by atoms with Crippen LogP contribution in [0.25, 0.3) is 11.1 Å². The van der Waals surface area contributed by atoms with E-state index in [0.717, 1.165) is 43.1 Å². The molecule has 1 aromatic carbocycles. The average molecular weight is 622 g/mol. The molecule has 0 saturated carbocycles. The highest BCUT2D eigenvalue weighted by molar-refractivity contribution is 7.99. The smallest absolute Gasteiger partial charge is 0.118 e. The molecule has 0 saturated heterocycles. The Bertz CT molecular complexity index is 1150. The van der Waals surface area contributed by atoms with Crippen LogP contribution < -0.4 is 0 Å². The lowest BCUT2D eigenvalue weighted by Crippen LogP contribution is -2.04. The molecular formula is C41H67NOS. The van der Waals surface area contributed by atoms with E-state index >= 15 is 0 Å².